The van der Waals surface area contributed by atoms with E-state index in [-0.39, 0.29) is 12.8 Å². The van der Waals surface area contributed by atoms with Crippen LogP contribution in [-0.4, -0.2) is 79.7 Å². The van der Waals surface area contributed by atoms with Crippen molar-refractivity contribution in [3.8, 4) is 182 Å². The third-order valence-electron chi connectivity index (χ3n) is 24.6. The molecule has 0 amide bonds. The van der Waals surface area contributed by atoms with Crippen LogP contribution in [0, 0.1) is 0 Å². The average molecular weight is 1760 g/mol. The molecule has 17 heteroatoms. The molecule has 0 atom stereocenters. The van der Waals surface area contributed by atoms with Crippen LogP contribution in [-0.2, 0) is 5.41 Å². The number of nitrogens with zero attached hydrogens (tertiary/aromatic N) is 16. The highest BCUT2D eigenvalue weighted by atomic mass is 16.3. The number of para-hydroxylation sites is 4. The van der Waals surface area contributed by atoms with Crippen LogP contribution in [0.1, 0.15) is 32.4 Å². The van der Waals surface area contributed by atoms with Crippen molar-refractivity contribution >= 4 is 54.6 Å². The van der Waals surface area contributed by atoms with Crippen LogP contribution in [0.2, 0.25) is 0 Å². The minimum Gasteiger partial charge on any atom is -0.456 e. The molecule has 0 fully saturated rings. The van der Waals surface area contributed by atoms with Crippen LogP contribution in [0.25, 0.3) is 236 Å². The summed E-state index contributed by atoms with van der Waals surface area (Å²) in [5.74, 6) is 7.67. The Labute approximate surface area is 790 Å². The van der Waals surface area contributed by atoms with Crippen molar-refractivity contribution in [2.75, 3.05) is 0 Å². The first-order valence-corrected chi connectivity index (χ1v) is 44.9. The van der Waals surface area contributed by atoms with Gasteiger partial charge in [0.2, 0.25) is 0 Å². The van der Waals surface area contributed by atoms with Gasteiger partial charge in [0.15, 0.2) is 69.9 Å². The van der Waals surface area contributed by atoms with Gasteiger partial charge in [-0.25, -0.2) is 74.8 Å². The van der Waals surface area contributed by atoms with E-state index < -0.39 is 0 Å². The summed E-state index contributed by atoms with van der Waals surface area (Å²) in [5, 5.41) is 5.09. The summed E-state index contributed by atoms with van der Waals surface area (Å²) in [5.41, 5.74) is 26.2. The van der Waals surface area contributed by atoms with Crippen LogP contribution in [0.15, 0.2) is 441 Å². The lowest BCUT2D eigenvalue weighted by atomic mass is 9.82. The molecule has 17 nitrogen and oxygen atoms in total. The summed E-state index contributed by atoms with van der Waals surface area (Å²) in [6.07, 6.45) is 3.53. The Morgan fingerprint density at radius 1 is 0.182 bits per heavy atom. The molecular weight excluding hydrogens is 1680 g/mol. The molecule has 0 aliphatic heterocycles. The van der Waals surface area contributed by atoms with Gasteiger partial charge in [-0.3, -0.25) is 4.98 Å². The molecule has 16 aromatic carbocycles. The Hall–Kier alpha value is -18.5. The largest absolute Gasteiger partial charge is 0.456 e. The maximum atomic E-state index is 6.06. The van der Waals surface area contributed by atoms with E-state index >= 15 is 0 Å². The molecule has 8 heterocycles. The molecule has 24 aromatic rings. The minimum atomic E-state index is -0.104. The molecule has 0 spiro atoms. The molecule has 1 aliphatic carbocycles. The highest BCUT2D eigenvalue weighted by Gasteiger charge is 2.36. The lowest BCUT2D eigenvalue weighted by Crippen LogP contribution is -2.15. The Morgan fingerprint density at radius 2 is 0.445 bits per heavy atom. The molecule has 137 heavy (non-hydrogen) atoms. The molecule has 0 N–H and O–H groups in total. The zero-order chi connectivity index (χ0) is 90.8. The maximum absolute atomic E-state index is 6.06. The second-order valence-electron chi connectivity index (χ2n) is 33.6. The smallest absolute Gasteiger partial charge is 0.164 e. The lowest BCUT2D eigenvalue weighted by molar-refractivity contribution is 0.660. The second-order valence-corrected chi connectivity index (χ2v) is 33.6. The van der Waals surface area contributed by atoms with Gasteiger partial charge < -0.3 is 4.42 Å². The lowest BCUT2D eigenvalue weighted by Gasteiger charge is -2.21. The molecule has 8 aromatic heterocycles. The van der Waals surface area contributed by atoms with Crippen molar-refractivity contribution in [2.45, 2.75) is 26.7 Å². The fraction of sp³-hybridized carbons (Fsp3) is 0.0333. The van der Waals surface area contributed by atoms with Gasteiger partial charge in [-0.1, -0.05) is 385 Å². The Kier molecular flexibility index (Phi) is 22.5. The van der Waals surface area contributed by atoms with Gasteiger partial charge in [0.25, 0.3) is 0 Å². The highest BCUT2D eigenvalue weighted by Crippen LogP contribution is 2.50. The van der Waals surface area contributed by atoms with E-state index in [0.717, 1.165) is 155 Å². The van der Waals surface area contributed by atoms with Gasteiger partial charge in [-0.05, 0) is 82.9 Å². The predicted octanol–water partition coefficient (Wildman–Crippen LogP) is 28.7. The van der Waals surface area contributed by atoms with Crippen LogP contribution in [0.5, 0.6) is 0 Å². The number of fused-ring (bicyclic) bond motifs is 9. The summed E-state index contributed by atoms with van der Waals surface area (Å²) in [6.45, 7) is 4.60. The van der Waals surface area contributed by atoms with Crippen molar-refractivity contribution in [3.63, 3.8) is 0 Å². The fourth-order valence-corrected chi connectivity index (χ4v) is 17.6. The van der Waals surface area contributed by atoms with Gasteiger partial charge in [-0.15, -0.1) is 0 Å². The number of rotatable bonds is 15. The zero-order valence-electron chi connectivity index (χ0n) is 73.6. The molecular formula is C120H82N16O. The SMILES string of the molecule is C.CC1(C)c2ccccc2-c2ccc(-c3nc(-c4ccc(-c5nc(-c6ccccc6)nc(-c6ccccc6)n5)cc4)c4ccccc4n3)cc21.c1ccc(-c2nc(-c3ccccc3)nc(-c3ccc(-c4nc(-c5ccc6oc7ccccc7c6c5)nc5ccccc45)cc3)n2)cc1.c1ccc(-c2nc(-c3ccccc3)nc(-c3ccc(-c4nc(-c5cccnc5)nc5ccccc45)cc3)n2)cc1. The molecule has 25 rings (SSSR count). The topological polar surface area (TPSA) is 219 Å². The van der Waals surface area contributed by atoms with Crippen LogP contribution < -0.4 is 0 Å². The molecule has 648 valence electrons. The third kappa shape index (κ3) is 16.9. The van der Waals surface area contributed by atoms with E-state index in [1.54, 1.807) is 12.4 Å². The maximum Gasteiger partial charge on any atom is 0.164 e. The van der Waals surface area contributed by atoms with Crippen molar-refractivity contribution in [3.05, 3.63) is 448 Å². The van der Waals surface area contributed by atoms with Crippen molar-refractivity contribution < 1.29 is 4.42 Å². The van der Waals surface area contributed by atoms with E-state index in [0.29, 0.717) is 69.9 Å². The normalized spacial score (nSPS) is 11.7. The molecule has 0 saturated heterocycles. The molecule has 0 unspecified atom stereocenters. The second kappa shape index (κ2) is 36.7. The quantitative estimate of drug-likeness (QED) is 0.0931. The van der Waals surface area contributed by atoms with Crippen LogP contribution in [0.4, 0.5) is 0 Å². The average Bonchev–Trinajstić information content (AvgIpc) is 1.57. The summed E-state index contributed by atoms with van der Waals surface area (Å²) in [6, 6.07) is 143. The van der Waals surface area contributed by atoms with Gasteiger partial charge >= 0.3 is 0 Å². The first-order chi connectivity index (χ1) is 67.1. The van der Waals surface area contributed by atoms with Crippen LogP contribution >= 0.6 is 0 Å². The number of benzene rings is 16. The van der Waals surface area contributed by atoms with E-state index in [1.807, 2.05) is 285 Å². The van der Waals surface area contributed by atoms with Crippen molar-refractivity contribution in [1.82, 2.24) is 79.7 Å². The summed E-state index contributed by atoms with van der Waals surface area (Å²) in [4.78, 5) is 78.2. The highest BCUT2D eigenvalue weighted by molar-refractivity contribution is 6.07. The summed E-state index contributed by atoms with van der Waals surface area (Å²) >= 11 is 0. The molecule has 0 saturated carbocycles. The number of aromatic nitrogens is 16. The van der Waals surface area contributed by atoms with Gasteiger partial charge in [0.1, 0.15) is 11.2 Å². The number of hydrogen-bond acceptors (Lipinski definition) is 17. The first-order valence-electron chi connectivity index (χ1n) is 44.9. The predicted molar refractivity (Wildman–Crippen MR) is 550 cm³/mol. The molecule has 0 bridgehead atoms. The van der Waals surface area contributed by atoms with Crippen molar-refractivity contribution in [1.29, 1.82) is 0 Å². The number of hydrogen-bond donors (Lipinski definition) is 0. The summed E-state index contributed by atoms with van der Waals surface area (Å²) in [7, 11) is 0. The van der Waals surface area contributed by atoms with Gasteiger partial charge in [0.05, 0.1) is 33.6 Å². The monoisotopic (exact) mass is 1760 g/mol. The fourth-order valence-electron chi connectivity index (χ4n) is 17.6. The first kappa shape index (κ1) is 84.1. The van der Waals surface area contributed by atoms with E-state index in [4.69, 9.17) is 79.2 Å². The zero-order valence-corrected chi connectivity index (χ0v) is 73.6. The Balaban J connectivity index is 0.000000119. The Morgan fingerprint density at radius 3 is 0.810 bits per heavy atom. The van der Waals surface area contributed by atoms with Gasteiger partial charge in [-0.2, -0.15) is 0 Å². The van der Waals surface area contributed by atoms with E-state index in [2.05, 4.69) is 158 Å². The van der Waals surface area contributed by atoms with Crippen molar-refractivity contribution in [2.24, 2.45) is 0 Å². The van der Waals surface area contributed by atoms with E-state index in [9.17, 15) is 0 Å². The number of furan rings is 1. The molecule has 1 aliphatic rings. The summed E-state index contributed by atoms with van der Waals surface area (Å²) < 4.78 is 6.06. The third-order valence-corrected chi connectivity index (χ3v) is 24.6. The Bertz CT molecular complexity index is 8410. The standard InChI is InChI=1S/C44H31N5.C41H25N5O.C34H22N6.CH4/c1-44(2)36-19-11-9-17-33(36)34-26-25-32(27-37(34)44)43-45-38-20-12-10-18-35(38)39(46-43)28-21-23-31(24-22-28)42-48-40(29-13-5-3-6-14-29)47-41(49-42)30-15-7-4-8-16-30;1-3-11-27(12-4-1)38-44-39(28-13-5-2-6-14-28)46-40(45-38)29-21-19-26(20-22-29)37-32-16-7-9-17-34(32)42-41(43-37)30-23-24-36-33(25-30)31-15-8-10-18-35(31)47-36;1-3-10-24(11-4-1)31-38-32(25-12-5-2-6-13-25)40-33(39-31)26-19-17-23(18-20-26)30-28-15-7-8-16-29(28)36-34(37-30)27-14-9-21-35-22-27;/h3-27H,1-2H3;1-25H;1-22H;1H4. The molecule has 0 radical (unpaired) electrons. The minimum absolute atomic E-state index is 0. The van der Waals surface area contributed by atoms with Gasteiger partial charge in [0, 0.05) is 128 Å². The number of pyridine rings is 1. The van der Waals surface area contributed by atoms with E-state index in [1.165, 1.54) is 22.3 Å². The van der Waals surface area contributed by atoms with Crippen LogP contribution in [0.3, 0.4) is 0 Å².